The molecule has 4 aromatic rings. The Bertz CT molecular complexity index is 1170. The first-order valence-corrected chi connectivity index (χ1v) is 9.96. The number of para-hydroxylation sites is 2. The third-order valence-electron chi connectivity index (χ3n) is 5.65. The minimum Gasteiger partial charge on any atom is -0.468 e. The minimum atomic E-state index is 0.344. The van der Waals surface area contributed by atoms with Gasteiger partial charge in [0.2, 0.25) is 5.95 Å². The van der Waals surface area contributed by atoms with Crippen molar-refractivity contribution in [3.05, 3.63) is 71.4 Å². The van der Waals surface area contributed by atoms with Gasteiger partial charge in [0.15, 0.2) is 0 Å². The van der Waals surface area contributed by atoms with Gasteiger partial charge in [0.1, 0.15) is 5.82 Å². The van der Waals surface area contributed by atoms with Crippen LogP contribution in [0.2, 0.25) is 0 Å². The Morgan fingerprint density at radius 3 is 2.66 bits per heavy atom. The standard InChI is InChI=1S/C23H23N5O/c1-29-23-26-17-11-5-6-13-19(17)28(23)22-25-18-12-7-10-16(20(18)21(24)27-22)14-15-8-3-2-4-9-15/h2-6,8-9,11,13,16H,7,10,12,14H2,1H3,(H2,24,25,27). The lowest BCUT2D eigenvalue weighted by Crippen LogP contribution is -2.19. The monoisotopic (exact) mass is 385 g/mol. The second kappa shape index (κ2) is 7.20. The lowest BCUT2D eigenvalue weighted by Gasteiger charge is -2.26. The van der Waals surface area contributed by atoms with Gasteiger partial charge < -0.3 is 10.5 Å². The largest absolute Gasteiger partial charge is 0.468 e. The molecule has 29 heavy (non-hydrogen) atoms. The maximum atomic E-state index is 6.50. The molecule has 2 aromatic carbocycles. The van der Waals surface area contributed by atoms with E-state index >= 15 is 0 Å². The SMILES string of the molecule is COc1nc2ccccc2n1-c1nc(N)c2c(n1)CCCC2Cc1ccccc1. The summed E-state index contributed by atoms with van der Waals surface area (Å²) in [6.45, 7) is 0. The van der Waals surface area contributed by atoms with E-state index in [1.807, 2.05) is 34.9 Å². The number of rotatable bonds is 4. The maximum Gasteiger partial charge on any atom is 0.304 e. The van der Waals surface area contributed by atoms with Gasteiger partial charge >= 0.3 is 6.01 Å². The third-order valence-corrected chi connectivity index (χ3v) is 5.65. The Morgan fingerprint density at radius 2 is 1.83 bits per heavy atom. The molecule has 2 aromatic heterocycles. The van der Waals surface area contributed by atoms with Crippen LogP contribution in [0, 0.1) is 0 Å². The van der Waals surface area contributed by atoms with Gasteiger partial charge in [0.05, 0.1) is 23.8 Å². The maximum absolute atomic E-state index is 6.50. The zero-order valence-electron chi connectivity index (χ0n) is 16.4. The summed E-state index contributed by atoms with van der Waals surface area (Å²) in [5.74, 6) is 1.43. The van der Waals surface area contributed by atoms with Crippen LogP contribution in [-0.2, 0) is 12.8 Å². The molecule has 0 fully saturated rings. The molecule has 6 heteroatoms. The zero-order valence-corrected chi connectivity index (χ0v) is 16.4. The van der Waals surface area contributed by atoms with Crippen molar-refractivity contribution in [2.24, 2.45) is 0 Å². The summed E-state index contributed by atoms with van der Waals surface area (Å²) in [7, 11) is 1.61. The summed E-state index contributed by atoms with van der Waals surface area (Å²) in [4.78, 5) is 14.1. The molecule has 1 aliphatic carbocycles. The van der Waals surface area contributed by atoms with E-state index in [9.17, 15) is 0 Å². The number of anilines is 1. The summed E-state index contributed by atoms with van der Waals surface area (Å²) < 4.78 is 7.34. The van der Waals surface area contributed by atoms with Crippen LogP contribution >= 0.6 is 0 Å². The zero-order chi connectivity index (χ0) is 19.8. The number of hydrogen-bond acceptors (Lipinski definition) is 5. The molecule has 0 spiro atoms. The molecule has 0 saturated heterocycles. The van der Waals surface area contributed by atoms with Gasteiger partial charge in [-0.25, -0.2) is 9.55 Å². The van der Waals surface area contributed by atoms with Crippen molar-refractivity contribution in [2.75, 3.05) is 12.8 Å². The molecule has 0 bridgehead atoms. The van der Waals surface area contributed by atoms with Crippen molar-refractivity contribution in [1.82, 2.24) is 19.5 Å². The van der Waals surface area contributed by atoms with Crippen LogP contribution in [0.1, 0.15) is 35.6 Å². The van der Waals surface area contributed by atoms with Crippen LogP contribution in [0.15, 0.2) is 54.6 Å². The number of hydrogen-bond donors (Lipinski definition) is 1. The molecule has 1 atom stereocenters. The predicted octanol–water partition coefficient (Wildman–Crippen LogP) is 4.07. The fourth-order valence-corrected chi connectivity index (χ4v) is 4.35. The average Bonchev–Trinajstić information content (AvgIpc) is 3.13. The molecule has 1 unspecified atom stereocenters. The summed E-state index contributed by atoms with van der Waals surface area (Å²) in [6.07, 6.45) is 4.07. The van der Waals surface area contributed by atoms with Crippen molar-refractivity contribution in [3.63, 3.8) is 0 Å². The van der Waals surface area contributed by atoms with Crippen LogP contribution in [-0.4, -0.2) is 26.6 Å². The van der Waals surface area contributed by atoms with Crippen LogP contribution < -0.4 is 10.5 Å². The summed E-state index contributed by atoms with van der Waals surface area (Å²) in [6, 6.07) is 18.9. The molecule has 0 radical (unpaired) electrons. The number of ether oxygens (including phenoxy) is 1. The topological polar surface area (TPSA) is 78.8 Å². The van der Waals surface area contributed by atoms with E-state index in [4.69, 9.17) is 15.5 Å². The number of imidazole rings is 1. The van der Waals surface area contributed by atoms with Gasteiger partial charge in [-0.3, -0.25) is 0 Å². The fraction of sp³-hybridized carbons (Fsp3) is 0.261. The van der Waals surface area contributed by atoms with Crippen molar-refractivity contribution in [3.8, 4) is 12.0 Å². The van der Waals surface area contributed by atoms with Crippen LogP contribution in [0.3, 0.4) is 0 Å². The fourth-order valence-electron chi connectivity index (χ4n) is 4.35. The molecule has 5 rings (SSSR count). The van der Waals surface area contributed by atoms with E-state index in [2.05, 4.69) is 34.2 Å². The first-order chi connectivity index (χ1) is 14.2. The Balaban J connectivity index is 1.60. The Morgan fingerprint density at radius 1 is 1.03 bits per heavy atom. The number of benzene rings is 2. The Labute approximate surface area is 169 Å². The molecular weight excluding hydrogens is 362 g/mol. The number of aromatic nitrogens is 4. The van der Waals surface area contributed by atoms with E-state index in [-0.39, 0.29) is 0 Å². The highest BCUT2D eigenvalue weighted by atomic mass is 16.5. The normalized spacial score (nSPS) is 16.0. The molecule has 1 aliphatic rings. The highest BCUT2D eigenvalue weighted by Crippen LogP contribution is 2.37. The van der Waals surface area contributed by atoms with Gasteiger partial charge in [0, 0.05) is 5.56 Å². The van der Waals surface area contributed by atoms with E-state index in [1.54, 1.807) is 7.11 Å². The molecule has 0 saturated carbocycles. The molecule has 2 heterocycles. The second-order valence-electron chi connectivity index (χ2n) is 7.47. The number of nitrogen functional groups attached to an aromatic ring is 1. The number of fused-ring (bicyclic) bond motifs is 2. The number of nitrogens with two attached hydrogens (primary N) is 1. The van der Waals surface area contributed by atoms with Crippen LogP contribution in [0.5, 0.6) is 6.01 Å². The van der Waals surface area contributed by atoms with Gasteiger partial charge in [0.25, 0.3) is 0 Å². The first kappa shape index (κ1) is 17.7. The highest BCUT2D eigenvalue weighted by molar-refractivity contribution is 5.78. The Kier molecular flexibility index (Phi) is 4.39. The second-order valence-corrected chi connectivity index (χ2v) is 7.47. The number of methoxy groups -OCH3 is 1. The van der Waals surface area contributed by atoms with Crippen molar-refractivity contribution < 1.29 is 4.74 Å². The van der Waals surface area contributed by atoms with E-state index in [0.717, 1.165) is 48.0 Å². The third kappa shape index (κ3) is 3.10. The highest BCUT2D eigenvalue weighted by Gasteiger charge is 2.27. The van der Waals surface area contributed by atoms with Crippen molar-refractivity contribution in [2.45, 2.75) is 31.6 Å². The van der Waals surface area contributed by atoms with Gasteiger partial charge in [-0.1, -0.05) is 42.5 Å². The van der Waals surface area contributed by atoms with Gasteiger partial charge in [-0.15, -0.1) is 0 Å². The molecule has 0 amide bonds. The van der Waals surface area contributed by atoms with E-state index in [0.29, 0.717) is 23.7 Å². The number of aryl methyl sites for hydroxylation is 1. The average molecular weight is 385 g/mol. The summed E-state index contributed by atoms with van der Waals surface area (Å²) >= 11 is 0. The number of nitrogens with zero attached hydrogens (tertiary/aromatic N) is 4. The molecule has 2 N–H and O–H groups in total. The van der Waals surface area contributed by atoms with E-state index < -0.39 is 0 Å². The minimum absolute atomic E-state index is 0.344. The predicted molar refractivity (Wildman–Crippen MR) is 113 cm³/mol. The smallest absolute Gasteiger partial charge is 0.304 e. The quantitative estimate of drug-likeness (QED) is 0.573. The Hall–Kier alpha value is -3.41. The lowest BCUT2D eigenvalue weighted by molar-refractivity contribution is 0.374. The molecule has 0 aliphatic heterocycles. The van der Waals surface area contributed by atoms with Crippen LogP contribution in [0.25, 0.3) is 17.0 Å². The van der Waals surface area contributed by atoms with Gasteiger partial charge in [-0.2, -0.15) is 9.97 Å². The van der Waals surface area contributed by atoms with Crippen LogP contribution in [0.4, 0.5) is 5.82 Å². The van der Waals surface area contributed by atoms with Gasteiger partial charge in [-0.05, 0) is 49.3 Å². The first-order valence-electron chi connectivity index (χ1n) is 9.96. The van der Waals surface area contributed by atoms with Crippen molar-refractivity contribution >= 4 is 16.9 Å². The molecule has 6 nitrogen and oxygen atoms in total. The lowest BCUT2D eigenvalue weighted by atomic mass is 9.82. The van der Waals surface area contributed by atoms with Crippen molar-refractivity contribution in [1.29, 1.82) is 0 Å². The molecule has 146 valence electrons. The summed E-state index contributed by atoms with van der Waals surface area (Å²) in [5.41, 5.74) is 11.7. The van der Waals surface area contributed by atoms with E-state index in [1.165, 1.54) is 5.56 Å². The molecular formula is C23H23N5O. The summed E-state index contributed by atoms with van der Waals surface area (Å²) in [5, 5.41) is 0.